The average Bonchev–Trinajstić information content (AvgIpc) is 2.29. The number of halogens is 1. The Labute approximate surface area is 120 Å². The van der Waals surface area contributed by atoms with Crippen LogP contribution in [0, 0.1) is 5.92 Å². The van der Waals surface area contributed by atoms with Gasteiger partial charge in [-0.3, -0.25) is 0 Å². The van der Waals surface area contributed by atoms with Crippen molar-refractivity contribution in [2.24, 2.45) is 5.92 Å². The summed E-state index contributed by atoms with van der Waals surface area (Å²) < 4.78 is 0.262. The molecule has 0 fully saturated rings. The van der Waals surface area contributed by atoms with Crippen LogP contribution in [0.5, 0.6) is 0 Å². The highest BCUT2D eigenvalue weighted by Gasteiger charge is 2.26. The molecule has 0 aliphatic rings. The SMILES string of the molecule is CCC(C)(I)c1ccc(C(C)(C)C(C)C)cc1. The van der Waals surface area contributed by atoms with Crippen LogP contribution in [-0.2, 0) is 8.84 Å². The minimum atomic E-state index is 0.256. The number of alkyl halides is 1. The van der Waals surface area contributed by atoms with Gasteiger partial charge < -0.3 is 0 Å². The number of benzene rings is 1. The molecule has 0 aromatic heterocycles. The number of rotatable bonds is 4. The molecule has 0 aliphatic heterocycles. The molecule has 0 spiro atoms. The minimum Gasteiger partial charge on any atom is -0.0740 e. The Bertz CT molecular complexity index is 358. The Kier molecular flexibility index (Phi) is 4.67. The zero-order valence-electron chi connectivity index (χ0n) is 12.0. The third-order valence-corrected chi connectivity index (χ3v) is 5.72. The summed E-state index contributed by atoms with van der Waals surface area (Å²) in [5.41, 5.74) is 3.13. The largest absolute Gasteiger partial charge is 0.0740 e. The molecule has 96 valence electrons. The van der Waals surface area contributed by atoms with E-state index in [1.807, 2.05) is 0 Å². The van der Waals surface area contributed by atoms with Crippen LogP contribution in [0.15, 0.2) is 24.3 Å². The summed E-state index contributed by atoms with van der Waals surface area (Å²) in [6.45, 7) is 13.8. The lowest BCUT2D eigenvalue weighted by atomic mass is 9.75. The van der Waals surface area contributed by atoms with Gasteiger partial charge in [-0.15, -0.1) is 0 Å². The first-order chi connectivity index (χ1) is 7.71. The third kappa shape index (κ3) is 3.24. The van der Waals surface area contributed by atoms with E-state index in [0.29, 0.717) is 5.92 Å². The molecule has 1 aromatic carbocycles. The molecule has 0 saturated heterocycles. The molecular formula is C16H25I. The highest BCUT2D eigenvalue weighted by Crippen LogP contribution is 2.37. The molecule has 0 bridgehead atoms. The molecule has 0 heterocycles. The molecule has 0 amide bonds. The molecule has 0 N–H and O–H groups in total. The molecule has 1 atom stereocenters. The fourth-order valence-electron chi connectivity index (χ4n) is 1.78. The van der Waals surface area contributed by atoms with Gasteiger partial charge in [-0.05, 0) is 35.8 Å². The summed E-state index contributed by atoms with van der Waals surface area (Å²) in [5, 5.41) is 0. The first kappa shape index (κ1) is 15.0. The summed E-state index contributed by atoms with van der Waals surface area (Å²) >= 11 is 2.55. The summed E-state index contributed by atoms with van der Waals surface area (Å²) in [6.07, 6.45) is 1.17. The second-order valence-electron chi connectivity index (χ2n) is 6.00. The topological polar surface area (TPSA) is 0 Å². The van der Waals surface area contributed by atoms with Crippen LogP contribution in [0.1, 0.15) is 59.1 Å². The van der Waals surface area contributed by atoms with Gasteiger partial charge in [-0.2, -0.15) is 0 Å². The fourth-order valence-corrected chi connectivity index (χ4v) is 2.14. The van der Waals surface area contributed by atoms with E-state index in [1.54, 1.807) is 0 Å². The van der Waals surface area contributed by atoms with Crippen molar-refractivity contribution in [3.63, 3.8) is 0 Å². The van der Waals surface area contributed by atoms with Gasteiger partial charge in [0.05, 0.1) is 0 Å². The Morgan fingerprint density at radius 3 is 1.76 bits per heavy atom. The van der Waals surface area contributed by atoms with Crippen LogP contribution in [-0.4, -0.2) is 0 Å². The zero-order valence-corrected chi connectivity index (χ0v) is 14.1. The van der Waals surface area contributed by atoms with Crippen LogP contribution < -0.4 is 0 Å². The quantitative estimate of drug-likeness (QED) is 0.487. The van der Waals surface area contributed by atoms with Gasteiger partial charge in [0.1, 0.15) is 0 Å². The molecule has 0 radical (unpaired) electrons. The summed E-state index contributed by atoms with van der Waals surface area (Å²) in [6, 6.07) is 9.22. The second kappa shape index (κ2) is 5.29. The number of hydrogen-bond donors (Lipinski definition) is 0. The smallest absolute Gasteiger partial charge is 0.0439 e. The van der Waals surface area contributed by atoms with Gasteiger partial charge in [0.25, 0.3) is 0 Å². The molecule has 1 heteroatoms. The lowest BCUT2D eigenvalue weighted by Gasteiger charge is -2.31. The monoisotopic (exact) mass is 344 g/mol. The van der Waals surface area contributed by atoms with Crippen LogP contribution in [0.2, 0.25) is 0 Å². The molecule has 1 aromatic rings. The van der Waals surface area contributed by atoms with Gasteiger partial charge in [0.15, 0.2) is 0 Å². The van der Waals surface area contributed by atoms with Crippen molar-refractivity contribution in [3.05, 3.63) is 35.4 Å². The van der Waals surface area contributed by atoms with Crippen molar-refractivity contribution < 1.29 is 0 Å². The molecular weight excluding hydrogens is 319 g/mol. The van der Waals surface area contributed by atoms with E-state index in [1.165, 1.54) is 17.5 Å². The second-order valence-corrected chi connectivity index (χ2v) is 8.39. The van der Waals surface area contributed by atoms with E-state index in [9.17, 15) is 0 Å². The predicted octanol–water partition coefficient (Wildman–Crippen LogP) is 5.68. The van der Waals surface area contributed by atoms with Crippen molar-refractivity contribution in [2.45, 2.75) is 56.8 Å². The molecule has 1 rings (SSSR count). The summed E-state index contributed by atoms with van der Waals surface area (Å²) in [7, 11) is 0. The van der Waals surface area contributed by atoms with Crippen molar-refractivity contribution in [2.75, 3.05) is 0 Å². The average molecular weight is 344 g/mol. The van der Waals surface area contributed by atoms with Gasteiger partial charge in [0.2, 0.25) is 0 Å². The zero-order chi connectivity index (χ0) is 13.3. The normalized spacial score (nSPS) is 16.0. The van der Waals surface area contributed by atoms with Gasteiger partial charge in [-0.1, -0.05) is 81.5 Å². The Morgan fingerprint density at radius 1 is 1.00 bits per heavy atom. The first-order valence-electron chi connectivity index (χ1n) is 6.51. The van der Waals surface area contributed by atoms with Crippen molar-refractivity contribution >= 4 is 22.6 Å². The van der Waals surface area contributed by atoms with E-state index in [0.717, 1.165) is 0 Å². The Balaban J connectivity index is 3.04. The standard InChI is InChI=1S/C16H25I/c1-7-16(6,17)14-10-8-13(9-11-14)15(4,5)12(2)3/h8-12H,7H2,1-6H3. The molecule has 1 unspecified atom stereocenters. The van der Waals surface area contributed by atoms with Crippen molar-refractivity contribution in [1.82, 2.24) is 0 Å². The van der Waals surface area contributed by atoms with Crippen LogP contribution in [0.3, 0.4) is 0 Å². The highest BCUT2D eigenvalue weighted by molar-refractivity contribution is 14.1. The van der Waals surface area contributed by atoms with E-state index in [2.05, 4.69) is 88.4 Å². The predicted molar refractivity (Wildman–Crippen MR) is 86.0 cm³/mol. The van der Waals surface area contributed by atoms with E-state index in [-0.39, 0.29) is 8.84 Å². The number of hydrogen-bond acceptors (Lipinski definition) is 0. The fraction of sp³-hybridized carbons (Fsp3) is 0.625. The van der Waals surface area contributed by atoms with Gasteiger partial charge >= 0.3 is 0 Å². The maximum absolute atomic E-state index is 2.55. The van der Waals surface area contributed by atoms with Crippen LogP contribution >= 0.6 is 22.6 Å². The molecule has 0 saturated carbocycles. The summed E-state index contributed by atoms with van der Waals surface area (Å²) in [5.74, 6) is 0.658. The van der Waals surface area contributed by atoms with Gasteiger partial charge in [0, 0.05) is 3.42 Å². The highest BCUT2D eigenvalue weighted by atomic mass is 127. The van der Waals surface area contributed by atoms with E-state index >= 15 is 0 Å². The van der Waals surface area contributed by atoms with E-state index in [4.69, 9.17) is 0 Å². The molecule has 17 heavy (non-hydrogen) atoms. The van der Waals surface area contributed by atoms with Crippen molar-refractivity contribution in [1.29, 1.82) is 0 Å². The van der Waals surface area contributed by atoms with Crippen LogP contribution in [0.25, 0.3) is 0 Å². The third-order valence-electron chi connectivity index (χ3n) is 4.34. The Morgan fingerprint density at radius 2 is 1.41 bits per heavy atom. The Hall–Kier alpha value is -0.0500. The first-order valence-corrected chi connectivity index (χ1v) is 7.59. The molecule has 0 aliphatic carbocycles. The van der Waals surface area contributed by atoms with E-state index < -0.39 is 0 Å². The van der Waals surface area contributed by atoms with Crippen LogP contribution in [0.4, 0.5) is 0 Å². The molecule has 0 nitrogen and oxygen atoms in total. The van der Waals surface area contributed by atoms with Crippen molar-refractivity contribution in [3.8, 4) is 0 Å². The van der Waals surface area contributed by atoms with Gasteiger partial charge in [-0.25, -0.2) is 0 Å². The maximum atomic E-state index is 2.55. The lowest BCUT2D eigenvalue weighted by molar-refractivity contribution is 0.372. The summed E-state index contributed by atoms with van der Waals surface area (Å²) in [4.78, 5) is 0. The maximum Gasteiger partial charge on any atom is 0.0439 e. The lowest BCUT2D eigenvalue weighted by Crippen LogP contribution is -2.24. The minimum absolute atomic E-state index is 0.256.